The van der Waals surface area contributed by atoms with Gasteiger partial charge in [0.2, 0.25) is 0 Å². The quantitative estimate of drug-likeness (QED) is 0.621. The number of nitrogens with one attached hydrogen (secondary N) is 2. The van der Waals surface area contributed by atoms with Crippen LogP contribution in [-0.2, 0) is 15.4 Å². The number of rotatable bonds is 5. The van der Waals surface area contributed by atoms with E-state index < -0.39 is 10.0 Å². The van der Waals surface area contributed by atoms with Gasteiger partial charge in [0.15, 0.2) is 0 Å². The first kappa shape index (κ1) is 20.6. The fraction of sp³-hybridized carbons (Fsp3) is 0.174. The predicted octanol–water partition coefficient (Wildman–Crippen LogP) is 5.04. The molecule has 2 N–H and O–H groups in total. The van der Waals surface area contributed by atoms with Crippen molar-refractivity contribution >= 4 is 27.3 Å². The van der Waals surface area contributed by atoms with Crippen LogP contribution in [0.4, 0.5) is 11.4 Å². The fourth-order valence-electron chi connectivity index (χ4n) is 2.80. The van der Waals surface area contributed by atoms with E-state index in [4.69, 9.17) is 0 Å². The van der Waals surface area contributed by atoms with Gasteiger partial charge in [-0.05, 0) is 47.4 Å². The number of hydrogen-bond acceptors (Lipinski definition) is 3. The van der Waals surface area contributed by atoms with Gasteiger partial charge in [-0.3, -0.25) is 9.52 Å². The molecule has 0 aliphatic heterocycles. The van der Waals surface area contributed by atoms with Gasteiger partial charge in [-0.15, -0.1) is 0 Å². The van der Waals surface area contributed by atoms with Crippen LogP contribution in [0.1, 0.15) is 36.7 Å². The summed E-state index contributed by atoms with van der Waals surface area (Å²) in [5, 5.41) is 2.79. The number of para-hydroxylation sites is 2. The molecule has 150 valence electrons. The van der Waals surface area contributed by atoms with Gasteiger partial charge in [-0.25, -0.2) is 8.42 Å². The Kier molecular flexibility index (Phi) is 5.75. The Hall–Kier alpha value is -3.12. The molecule has 5 nitrogen and oxygen atoms in total. The highest BCUT2D eigenvalue weighted by molar-refractivity contribution is 7.92. The second-order valence-electron chi connectivity index (χ2n) is 7.75. The third-order valence-electron chi connectivity index (χ3n) is 4.49. The van der Waals surface area contributed by atoms with Crippen molar-refractivity contribution in [3.63, 3.8) is 0 Å². The lowest BCUT2D eigenvalue weighted by molar-refractivity contribution is 0.102. The van der Waals surface area contributed by atoms with Crippen molar-refractivity contribution in [1.82, 2.24) is 0 Å². The van der Waals surface area contributed by atoms with Crippen molar-refractivity contribution in [2.24, 2.45) is 0 Å². The van der Waals surface area contributed by atoms with Crippen LogP contribution in [0, 0.1) is 0 Å². The molecule has 0 fully saturated rings. The number of anilines is 2. The summed E-state index contributed by atoms with van der Waals surface area (Å²) >= 11 is 0. The minimum Gasteiger partial charge on any atom is -0.320 e. The van der Waals surface area contributed by atoms with Gasteiger partial charge in [0, 0.05) is 5.56 Å². The van der Waals surface area contributed by atoms with Crippen LogP contribution >= 0.6 is 0 Å². The van der Waals surface area contributed by atoms with E-state index in [2.05, 4.69) is 30.8 Å². The molecule has 29 heavy (non-hydrogen) atoms. The zero-order chi connectivity index (χ0) is 21.1. The third kappa shape index (κ3) is 5.03. The molecule has 0 aliphatic carbocycles. The molecule has 0 saturated heterocycles. The maximum atomic E-state index is 12.7. The minimum absolute atomic E-state index is 0.00266. The summed E-state index contributed by atoms with van der Waals surface area (Å²) in [6.45, 7) is 6.32. The standard InChI is InChI=1S/C23H24N2O3S/c1-23(2,3)18-15-13-17(14-16-18)22(26)24-20-11-7-8-12-21(20)25-29(27,28)19-9-5-4-6-10-19/h4-16,25H,1-3H3,(H,24,26). The monoisotopic (exact) mass is 408 g/mol. The maximum absolute atomic E-state index is 12.7. The van der Waals surface area contributed by atoms with Gasteiger partial charge in [-0.2, -0.15) is 0 Å². The highest BCUT2D eigenvalue weighted by Gasteiger charge is 2.18. The summed E-state index contributed by atoms with van der Waals surface area (Å²) in [7, 11) is -3.76. The molecular weight excluding hydrogens is 384 g/mol. The smallest absolute Gasteiger partial charge is 0.261 e. The summed E-state index contributed by atoms with van der Waals surface area (Å²) in [5.41, 5.74) is 2.31. The largest absolute Gasteiger partial charge is 0.320 e. The third-order valence-corrected chi connectivity index (χ3v) is 5.87. The van der Waals surface area contributed by atoms with E-state index in [1.165, 1.54) is 12.1 Å². The molecule has 0 radical (unpaired) electrons. The number of carbonyl (C=O) groups is 1. The lowest BCUT2D eigenvalue weighted by Crippen LogP contribution is -2.17. The lowest BCUT2D eigenvalue weighted by Gasteiger charge is -2.19. The van der Waals surface area contributed by atoms with Crippen LogP contribution in [0.2, 0.25) is 0 Å². The van der Waals surface area contributed by atoms with E-state index in [0.29, 0.717) is 16.9 Å². The molecule has 0 aliphatic rings. The van der Waals surface area contributed by atoms with Gasteiger partial charge in [-0.1, -0.05) is 63.2 Å². The average molecular weight is 409 g/mol. The van der Waals surface area contributed by atoms with Crippen molar-refractivity contribution in [2.75, 3.05) is 10.0 Å². The van der Waals surface area contributed by atoms with E-state index in [-0.39, 0.29) is 16.2 Å². The molecule has 3 aromatic rings. The first-order valence-electron chi connectivity index (χ1n) is 9.26. The minimum atomic E-state index is -3.76. The first-order valence-corrected chi connectivity index (χ1v) is 10.7. The number of hydrogen-bond donors (Lipinski definition) is 2. The number of benzene rings is 3. The van der Waals surface area contributed by atoms with Crippen molar-refractivity contribution in [3.8, 4) is 0 Å². The molecule has 0 saturated carbocycles. The lowest BCUT2D eigenvalue weighted by atomic mass is 9.87. The Bertz CT molecular complexity index is 1100. The van der Waals surface area contributed by atoms with Crippen LogP contribution in [-0.4, -0.2) is 14.3 Å². The molecule has 0 bridgehead atoms. The maximum Gasteiger partial charge on any atom is 0.261 e. The molecule has 0 aromatic heterocycles. The molecule has 3 rings (SSSR count). The Morgan fingerprint density at radius 3 is 1.90 bits per heavy atom. The molecular formula is C23H24N2O3S. The molecule has 0 atom stereocenters. The number of sulfonamides is 1. The SMILES string of the molecule is CC(C)(C)c1ccc(C(=O)Nc2ccccc2NS(=O)(=O)c2ccccc2)cc1. The van der Waals surface area contributed by atoms with E-state index in [1.54, 1.807) is 54.6 Å². The summed E-state index contributed by atoms with van der Waals surface area (Å²) < 4.78 is 27.8. The second-order valence-corrected chi connectivity index (χ2v) is 9.43. The van der Waals surface area contributed by atoms with E-state index in [0.717, 1.165) is 5.56 Å². The van der Waals surface area contributed by atoms with Gasteiger partial charge in [0.05, 0.1) is 16.3 Å². The molecule has 0 heterocycles. The predicted molar refractivity (Wildman–Crippen MR) is 117 cm³/mol. The molecule has 0 unspecified atom stereocenters. The summed E-state index contributed by atoms with van der Waals surface area (Å²) in [4.78, 5) is 12.8. The van der Waals surface area contributed by atoms with Gasteiger partial charge in [0.1, 0.15) is 0 Å². The highest BCUT2D eigenvalue weighted by atomic mass is 32.2. The van der Waals surface area contributed by atoms with Crippen LogP contribution < -0.4 is 10.0 Å². The van der Waals surface area contributed by atoms with Crippen LogP contribution in [0.3, 0.4) is 0 Å². The van der Waals surface area contributed by atoms with Crippen molar-refractivity contribution in [3.05, 3.63) is 90.0 Å². The van der Waals surface area contributed by atoms with E-state index in [1.807, 2.05) is 12.1 Å². The van der Waals surface area contributed by atoms with Crippen molar-refractivity contribution in [2.45, 2.75) is 31.1 Å². The zero-order valence-electron chi connectivity index (χ0n) is 16.6. The van der Waals surface area contributed by atoms with E-state index >= 15 is 0 Å². The number of amides is 1. The molecule has 1 amide bonds. The van der Waals surface area contributed by atoms with Crippen LogP contribution in [0.25, 0.3) is 0 Å². The Morgan fingerprint density at radius 2 is 1.31 bits per heavy atom. The molecule has 3 aromatic carbocycles. The topological polar surface area (TPSA) is 75.3 Å². The Morgan fingerprint density at radius 1 is 0.759 bits per heavy atom. The summed E-state index contributed by atoms with van der Waals surface area (Å²) in [6, 6.07) is 22.2. The van der Waals surface area contributed by atoms with Crippen molar-refractivity contribution < 1.29 is 13.2 Å². The van der Waals surface area contributed by atoms with Gasteiger partial charge >= 0.3 is 0 Å². The molecule has 6 heteroatoms. The zero-order valence-corrected chi connectivity index (χ0v) is 17.5. The van der Waals surface area contributed by atoms with Gasteiger partial charge in [0.25, 0.3) is 15.9 Å². The normalized spacial score (nSPS) is 11.7. The van der Waals surface area contributed by atoms with Crippen molar-refractivity contribution in [1.29, 1.82) is 0 Å². The Labute approximate surface area is 171 Å². The average Bonchev–Trinajstić information content (AvgIpc) is 2.69. The molecule has 0 spiro atoms. The van der Waals surface area contributed by atoms with Gasteiger partial charge < -0.3 is 5.32 Å². The van der Waals surface area contributed by atoms with E-state index in [9.17, 15) is 13.2 Å². The van der Waals surface area contributed by atoms with Crippen LogP contribution in [0.5, 0.6) is 0 Å². The Balaban J connectivity index is 1.81. The summed E-state index contributed by atoms with van der Waals surface area (Å²) in [5.74, 6) is -0.309. The highest BCUT2D eigenvalue weighted by Crippen LogP contribution is 2.26. The van der Waals surface area contributed by atoms with Crippen LogP contribution in [0.15, 0.2) is 83.8 Å². The number of carbonyl (C=O) groups excluding carboxylic acids is 1. The summed E-state index contributed by atoms with van der Waals surface area (Å²) in [6.07, 6.45) is 0. The second kappa shape index (κ2) is 8.09. The fourth-order valence-corrected chi connectivity index (χ4v) is 3.90. The first-order chi connectivity index (χ1) is 13.7.